The zero-order valence-electron chi connectivity index (χ0n) is 19.1. The standard InChI is InChI=1S/C25H32ClN3O4/c1-18-16-27(12-7-22(31)28-14-11-25(9-10-25)21(30)17-28)23(32)8-13-29(18)24(33)6-5-19-3-2-4-20(26)15-19/h2-6,15,18,21,30H,7-14,16-17H2,1H3/b6-5+/t18-,21-/m1/s1. The molecule has 1 saturated carbocycles. The van der Waals surface area contributed by atoms with Crippen molar-refractivity contribution in [1.82, 2.24) is 14.7 Å². The summed E-state index contributed by atoms with van der Waals surface area (Å²) in [6.07, 6.45) is 6.25. The molecular formula is C25H32ClN3O4. The molecule has 0 radical (unpaired) electrons. The van der Waals surface area contributed by atoms with Crippen molar-refractivity contribution in [3.63, 3.8) is 0 Å². The smallest absolute Gasteiger partial charge is 0.246 e. The van der Waals surface area contributed by atoms with Gasteiger partial charge in [-0.25, -0.2) is 0 Å². The van der Waals surface area contributed by atoms with E-state index >= 15 is 0 Å². The van der Waals surface area contributed by atoms with Gasteiger partial charge in [-0.15, -0.1) is 0 Å². The molecule has 1 N–H and O–H groups in total. The third kappa shape index (κ3) is 5.58. The molecule has 2 atom stereocenters. The van der Waals surface area contributed by atoms with Gasteiger partial charge < -0.3 is 19.8 Å². The summed E-state index contributed by atoms with van der Waals surface area (Å²) in [7, 11) is 0. The number of benzene rings is 1. The first-order valence-corrected chi connectivity index (χ1v) is 12.1. The molecule has 1 spiro atoms. The first-order chi connectivity index (χ1) is 15.8. The van der Waals surface area contributed by atoms with E-state index in [1.807, 2.05) is 19.1 Å². The summed E-state index contributed by atoms with van der Waals surface area (Å²) in [5.41, 5.74) is 0.898. The van der Waals surface area contributed by atoms with Crippen LogP contribution in [0.4, 0.5) is 0 Å². The van der Waals surface area contributed by atoms with E-state index in [1.54, 1.807) is 32.9 Å². The minimum absolute atomic E-state index is 0.0216. The van der Waals surface area contributed by atoms with Gasteiger partial charge >= 0.3 is 0 Å². The predicted molar refractivity (Wildman–Crippen MR) is 126 cm³/mol. The van der Waals surface area contributed by atoms with Crippen LogP contribution in [0, 0.1) is 5.41 Å². The Balaban J connectivity index is 1.29. The number of aliphatic hydroxyl groups is 1. The Morgan fingerprint density at radius 2 is 2.00 bits per heavy atom. The summed E-state index contributed by atoms with van der Waals surface area (Å²) in [6, 6.07) is 7.10. The third-order valence-electron chi connectivity index (χ3n) is 7.31. The number of carbonyl (C=O) groups excluding carboxylic acids is 3. The van der Waals surface area contributed by atoms with Crippen LogP contribution in [0.25, 0.3) is 6.08 Å². The van der Waals surface area contributed by atoms with Gasteiger partial charge in [0.2, 0.25) is 17.7 Å². The lowest BCUT2D eigenvalue weighted by Gasteiger charge is -2.36. The molecule has 1 aliphatic carbocycles. The second-order valence-electron chi connectivity index (χ2n) is 9.58. The first kappa shape index (κ1) is 23.8. The van der Waals surface area contributed by atoms with Gasteiger partial charge in [-0.3, -0.25) is 14.4 Å². The second kappa shape index (κ2) is 9.85. The molecule has 2 aliphatic heterocycles. The molecule has 33 heavy (non-hydrogen) atoms. The van der Waals surface area contributed by atoms with Crippen LogP contribution < -0.4 is 0 Å². The average molecular weight is 474 g/mol. The molecular weight excluding hydrogens is 442 g/mol. The molecule has 7 nitrogen and oxygen atoms in total. The molecule has 2 saturated heterocycles. The Morgan fingerprint density at radius 1 is 1.21 bits per heavy atom. The Morgan fingerprint density at radius 3 is 2.70 bits per heavy atom. The highest BCUT2D eigenvalue weighted by atomic mass is 35.5. The van der Waals surface area contributed by atoms with Gasteiger partial charge in [0.25, 0.3) is 0 Å². The average Bonchev–Trinajstić information content (AvgIpc) is 3.58. The van der Waals surface area contributed by atoms with E-state index in [-0.39, 0.29) is 42.0 Å². The molecule has 0 bridgehead atoms. The van der Waals surface area contributed by atoms with Gasteiger partial charge in [-0.05, 0) is 55.4 Å². The summed E-state index contributed by atoms with van der Waals surface area (Å²) in [6.45, 7) is 4.08. The fourth-order valence-electron chi connectivity index (χ4n) is 4.91. The van der Waals surface area contributed by atoms with E-state index in [4.69, 9.17) is 11.6 Å². The van der Waals surface area contributed by atoms with Gasteiger partial charge in [0.05, 0.1) is 6.10 Å². The number of carbonyl (C=O) groups is 3. The highest BCUT2D eigenvalue weighted by Crippen LogP contribution is 2.53. The van der Waals surface area contributed by atoms with Gasteiger partial charge in [0.1, 0.15) is 0 Å². The van der Waals surface area contributed by atoms with Crippen LogP contribution >= 0.6 is 11.6 Å². The highest BCUT2D eigenvalue weighted by Gasteiger charge is 2.51. The van der Waals surface area contributed by atoms with Crippen molar-refractivity contribution in [3.05, 3.63) is 40.9 Å². The number of hydrogen-bond acceptors (Lipinski definition) is 4. The Kier molecular flexibility index (Phi) is 7.10. The normalized spacial score (nSPS) is 24.9. The number of rotatable bonds is 5. The molecule has 1 aromatic rings. The van der Waals surface area contributed by atoms with Crippen LogP contribution in [0.3, 0.4) is 0 Å². The summed E-state index contributed by atoms with van der Waals surface area (Å²) in [4.78, 5) is 43.3. The van der Waals surface area contributed by atoms with Crippen molar-refractivity contribution < 1.29 is 19.5 Å². The molecule has 178 valence electrons. The monoisotopic (exact) mass is 473 g/mol. The third-order valence-corrected chi connectivity index (χ3v) is 7.54. The quantitative estimate of drug-likeness (QED) is 0.666. The topological polar surface area (TPSA) is 81.2 Å². The number of aliphatic hydroxyl groups excluding tert-OH is 1. The Labute approximate surface area is 200 Å². The lowest BCUT2D eigenvalue weighted by atomic mass is 9.90. The van der Waals surface area contributed by atoms with E-state index in [0.717, 1.165) is 24.8 Å². The minimum atomic E-state index is -0.436. The zero-order chi connectivity index (χ0) is 23.6. The lowest BCUT2D eigenvalue weighted by molar-refractivity contribution is -0.138. The van der Waals surface area contributed by atoms with Crippen LogP contribution in [-0.4, -0.2) is 82.4 Å². The van der Waals surface area contributed by atoms with Crippen molar-refractivity contribution in [2.75, 3.05) is 32.7 Å². The molecule has 0 unspecified atom stereocenters. The van der Waals surface area contributed by atoms with Crippen LogP contribution in [-0.2, 0) is 14.4 Å². The summed E-state index contributed by atoms with van der Waals surface area (Å²) >= 11 is 6.00. The maximum atomic E-state index is 12.8. The van der Waals surface area contributed by atoms with Crippen molar-refractivity contribution in [2.24, 2.45) is 5.41 Å². The number of β-amino-alcohol motifs (C(OH)–C–C–N with tert-alkyl or cyclic N) is 1. The van der Waals surface area contributed by atoms with Gasteiger partial charge in [-0.1, -0.05) is 23.7 Å². The fraction of sp³-hybridized carbons (Fsp3) is 0.560. The van der Waals surface area contributed by atoms with Crippen LogP contribution in [0.1, 0.15) is 44.6 Å². The summed E-state index contributed by atoms with van der Waals surface area (Å²) in [5.74, 6) is -0.212. The number of likely N-dealkylation sites (tertiary alicyclic amines) is 1. The van der Waals surface area contributed by atoms with E-state index in [9.17, 15) is 19.5 Å². The van der Waals surface area contributed by atoms with Crippen LogP contribution in [0.15, 0.2) is 30.3 Å². The number of piperidine rings is 1. The molecule has 3 aliphatic rings. The summed E-state index contributed by atoms with van der Waals surface area (Å²) in [5, 5.41) is 11.0. The molecule has 8 heteroatoms. The zero-order valence-corrected chi connectivity index (χ0v) is 19.8. The van der Waals surface area contributed by atoms with Crippen molar-refractivity contribution in [3.8, 4) is 0 Å². The van der Waals surface area contributed by atoms with Crippen molar-refractivity contribution >= 4 is 35.4 Å². The molecule has 3 amide bonds. The fourth-order valence-corrected chi connectivity index (χ4v) is 5.11. The first-order valence-electron chi connectivity index (χ1n) is 11.8. The molecule has 1 aromatic carbocycles. The maximum absolute atomic E-state index is 12.8. The number of amides is 3. The maximum Gasteiger partial charge on any atom is 0.246 e. The highest BCUT2D eigenvalue weighted by molar-refractivity contribution is 6.30. The van der Waals surface area contributed by atoms with Crippen molar-refractivity contribution in [1.29, 1.82) is 0 Å². The Hall–Kier alpha value is -2.38. The van der Waals surface area contributed by atoms with Crippen LogP contribution in [0.5, 0.6) is 0 Å². The number of hydrogen-bond donors (Lipinski definition) is 1. The second-order valence-corrected chi connectivity index (χ2v) is 10.0. The summed E-state index contributed by atoms with van der Waals surface area (Å²) < 4.78 is 0. The van der Waals surface area contributed by atoms with Crippen molar-refractivity contribution in [2.45, 2.75) is 51.2 Å². The number of nitrogens with zero attached hydrogens (tertiary/aromatic N) is 3. The number of halogens is 1. The van der Waals surface area contributed by atoms with Gasteiger partial charge in [0, 0.05) is 62.7 Å². The van der Waals surface area contributed by atoms with E-state index in [0.29, 0.717) is 37.7 Å². The predicted octanol–water partition coefficient (Wildman–Crippen LogP) is 2.57. The minimum Gasteiger partial charge on any atom is -0.391 e. The van der Waals surface area contributed by atoms with Crippen LogP contribution in [0.2, 0.25) is 5.02 Å². The SMILES string of the molecule is C[C@@H]1CN(CCC(=O)N2CCC3(CC3)[C@H](O)C2)C(=O)CCN1C(=O)/C=C/c1cccc(Cl)c1. The van der Waals surface area contributed by atoms with E-state index in [2.05, 4.69) is 0 Å². The van der Waals surface area contributed by atoms with E-state index in [1.165, 1.54) is 6.08 Å². The Bertz CT molecular complexity index is 945. The molecule has 3 fully saturated rings. The van der Waals surface area contributed by atoms with Gasteiger partial charge in [0.15, 0.2) is 0 Å². The van der Waals surface area contributed by atoms with Gasteiger partial charge in [-0.2, -0.15) is 0 Å². The molecule has 2 heterocycles. The lowest BCUT2D eigenvalue weighted by Crippen LogP contribution is -2.48. The van der Waals surface area contributed by atoms with E-state index < -0.39 is 6.10 Å². The molecule has 4 rings (SSSR count). The molecule has 0 aromatic heterocycles. The largest absolute Gasteiger partial charge is 0.391 e.